The average molecular weight is 328 g/mol. The summed E-state index contributed by atoms with van der Waals surface area (Å²) in [4.78, 5) is 12.5. The Morgan fingerprint density at radius 1 is 1.30 bits per heavy atom. The van der Waals surface area contributed by atoms with Gasteiger partial charge in [0, 0.05) is 13.1 Å². The molecule has 0 aliphatic heterocycles. The van der Waals surface area contributed by atoms with Gasteiger partial charge < -0.3 is 9.88 Å². The number of rotatable bonds is 5. The number of benzene rings is 1. The van der Waals surface area contributed by atoms with E-state index < -0.39 is 0 Å². The van der Waals surface area contributed by atoms with Gasteiger partial charge in [0.1, 0.15) is 11.5 Å². The Morgan fingerprint density at radius 2 is 2.09 bits per heavy atom. The monoisotopic (exact) mass is 328 g/mol. The SMILES string of the molecule is CC=CCn1c(C(=O)NCc2ccc(F)cc2)cc2sccc21. The highest BCUT2D eigenvalue weighted by atomic mass is 32.1. The van der Waals surface area contributed by atoms with E-state index in [-0.39, 0.29) is 11.7 Å². The Morgan fingerprint density at radius 3 is 2.83 bits per heavy atom. The van der Waals surface area contributed by atoms with Crippen LogP contribution in [0.15, 0.2) is 53.9 Å². The van der Waals surface area contributed by atoms with Gasteiger partial charge in [-0.2, -0.15) is 0 Å². The highest BCUT2D eigenvalue weighted by molar-refractivity contribution is 7.17. The van der Waals surface area contributed by atoms with E-state index in [2.05, 4.69) is 5.32 Å². The van der Waals surface area contributed by atoms with Crippen LogP contribution in [-0.4, -0.2) is 10.5 Å². The van der Waals surface area contributed by atoms with Crippen molar-refractivity contribution in [3.8, 4) is 0 Å². The largest absolute Gasteiger partial charge is 0.347 e. The van der Waals surface area contributed by atoms with Gasteiger partial charge in [-0.15, -0.1) is 11.3 Å². The molecule has 1 N–H and O–H groups in total. The number of halogens is 1. The van der Waals surface area contributed by atoms with E-state index >= 15 is 0 Å². The molecule has 3 aromatic rings. The van der Waals surface area contributed by atoms with E-state index in [0.717, 1.165) is 15.8 Å². The first-order valence-corrected chi connectivity index (χ1v) is 8.27. The molecule has 0 spiro atoms. The Hall–Kier alpha value is -2.40. The van der Waals surface area contributed by atoms with Gasteiger partial charge in [0.15, 0.2) is 0 Å². The number of thiophene rings is 1. The van der Waals surface area contributed by atoms with Crippen LogP contribution in [0.3, 0.4) is 0 Å². The number of carbonyl (C=O) groups is 1. The molecular formula is C18H17FN2OS. The van der Waals surface area contributed by atoms with Crippen molar-refractivity contribution in [1.82, 2.24) is 9.88 Å². The second-order valence-corrected chi connectivity index (χ2v) is 6.14. The van der Waals surface area contributed by atoms with Gasteiger partial charge in [-0.1, -0.05) is 24.3 Å². The minimum atomic E-state index is -0.277. The van der Waals surface area contributed by atoms with E-state index in [4.69, 9.17) is 0 Å². The number of hydrogen-bond acceptors (Lipinski definition) is 2. The first-order chi connectivity index (χ1) is 11.2. The Labute approximate surface area is 138 Å². The molecule has 0 radical (unpaired) electrons. The second kappa shape index (κ2) is 6.79. The van der Waals surface area contributed by atoms with Crippen LogP contribution in [0.1, 0.15) is 23.0 Å². The van der Waals surface area contributed by atoms with E-state index in [1.165, 1.54) is 12.1 Å². The van der Waals surface area contributed by atoms with Crippen molar-refractivity contribution in [3.63, 3.8) is 0 Å². The topological polar surface area (TPSA) is 34.0 Å². The molecule has 0 bridgehead atoms. The van der Waals surface area contributed by atoms with Crippen molar-refractivity contribution in [1.29, 1.82) is 0 Å². The van der Waals surface area contributed by atoms with Crippen LogP contribution in [0, 0.1) is 5.82 Å². The zero-order chi connectivity index (χ0) is 16.2. The normalized spacial score (nSPS) is 11.4. The summed E-state index contributed by atoms with van der Waals surface area (Å²) < 4.78 is 16.0. The lowest BCUT2D eigenvalue weighted by molar-refractivity contribution is 0.0942. The van der Waals surface area contributed by atoms with Crippen LogP contribution < -0.4 is 5.32 Å². The molecule has 1 aromatic carbocycles. The molecule has 0 saturated heterocycles. The van der Waals surface area contributed by atoms with Gasteiger partial charge in [0.05, 0.1) is 10.2 Å². The summed E-state index contributed by atoms with van der Waals surface area (Å²) in [6.07, 6.45) is 3.99. The summed E-state index contributed by atoms with van der Waals surface area (Å²) in [6.45, 7) is 3.00. The van der Waals surface area contributed by atoms with Crippen LogP contribution in [0.2, 0.25) is 0 Å². The smallest absolute Gasteiger partial charge is 0.268 e. The van der Waals surface area contributed by atoms with Gasteiger partial charge in [0.25, 0.3) is 5.91 Å². The maximum atomic E-state index is 12.9. The molecule has 3 rings (SSSR count). The standard InChI is InChI=1S/C18H17FN2OS/c1-2-3-9-21-15-8-10-23-17(15)11-16(21)18(22)20-12-13-4-6-14(19)7-5-13/h2-8,10-11H,9,12H2,1H3,(H,20,22). The first kappa shape index (κ1) is 15.5. The van der Waals surface area contributed by atoms with E-state index in [1.54, 1.807) is 23.5 Å². The van der Waals surface area contributed by atoms with Gasteiger partial charge in [-0.25, -0.2) is 4.39 Å². The number of allylic oxidation sites excluding steroid dienone is 2. The Balaban J connectivity index is 1.79. The van der Waals surface area contributed by atoms with Crippen molar-refractivity contribution in [3.05, 3.63) is 71.0 Å². The van der Waals surface area contributed by atoms with Crippen LogP contribution in [-0.2, 0) is 13.1 Å². The molecule has 0 aliphatic rings. The molecule has 0 saturated carbocycles. The molecule has 0 aliphatic carbocycles. The summed E-state index contributed by atoms with van der Waals surface area (Å²) in [5.41, 5.74) is 2.58. The zero-order valence-corrected chi connectivity index (χ0v) is 13.6. The molecule has 2 aromatic heterocycles. The molecule has 3 nitrogen and oxygen atoms in total. The summed E-state index contributed by atoms with van der Waals surface area (Å²) in [5.74, 6) is -0.400. The van der Waals surface area contributed by atoms with Crippen molar-refractivity contribution in [2.75, 3.05) is 0 Å². The number of nitrogens with one attached hydrogen (secondary N) is 1. The lowest BCUT2D eigenvalue weighted by Gasteiger charge is -2.09. The maximum Gasteiger partial charge on any atom is 0.268 e. The van der Waals surface area contributed by atoms with Gasteiger partial charge in [0.2, 0.25) is 0 Å². The predicted octanol–water partition coefficient (Wildman–Crippen LogP) is 4.35. The van der Waals surface area contributed by atoms with E-state index in [1.807, 2.05) is 41.2 Å². The lowest BCUT2D eigenvalue weighted by atomic mass is 10.2. The minimum absolute atomic E-state index is 0.123. The molecule has 118 valence electrons. The molecule has 2 heterocycles. The van der Waals surface area contributed by atoms with Crippen molar-refractivity contribution in [2.45, 2.75) is 20.0 Å². The summed E-state index contributed by atoms with van der Waals surface area (Å²) in [5, 5.41) is 4.93. The van der Waals surface area contributed by atoms with Crippen LogP contribution in [0.25, 0.3) is 10.2 Å². The third kappa shape index (κ3) is 3.35. The third-order valence-electron chi connectivity index (χ3n) is 3.65. The zero-order valence-electron chi connectivity index (χ0n) is 12.8. The third-order valence-corrected chi connectivity index (χ3v) is 4.50. The number of hydrogen-bond donors (Lipinski definition) is 1. The number of fused-ring (bicyclic) bond motifs is 1. The fourth-order valence-electron chi connectivity index (χ4n) is 2.45. The van der Waals surface area contributed by atoms with Gasteiger partial charge in [-0.3, -0.25) is 4.79 Å². The number of carbonyl (C=O) groups excluding carboxylic acids is 1. The highest BCUT2D eigenvalue weighted by Crippen LogP contribution is 2.25. The number of nitrogens with zero attached hydrogens (tertiary/aromatic N) is 1. The molecule has 0 fully saturated rings. The molecule has 23 heavy (non-hydrogen) atoms. The number of aromatic nitrogens is 1. The number of amides is 1. The fraction of sp³-hybridized carbons (Fsp3) is 0.167. The van der Waals surface area contributed by atoms with Crippen molar-refractivity contribution in [2.24, 2.45) is 0 Å². The van der Waals surface area contributed by atoms with E-state index in [9.17, 15) is 9.18 Å². The summed E-state index contributed by atoms with van der Waals surface area (Å²) >= 11 is 1.62. The molecular weight excluding hydrogens is 311 g/mol. The maximum absolute atomic E-state index is 12.9. The van der Waals surface area contributed by atoms with Crippen LogP contribution in [0.5, 0.6) is 0 Å². The predicted molar refractivity (Wildman–Crippen MR) is 92.2 cm³/mol. The Kier molecular flexibility index (Phi) is 4.57. The molecule has 0 unspecified atom stereocenters. The quantitative estimate of drug-likeness (QED) is 0.694. The minimum Gasteiger partial charge on any atom is -0.347 e. The van der Waals surface area contributed by atoms with Crippen LogP contribution in [0.4, 0.5) is 4.39 Å². The van der Waals surface area contributed by atoms with Crippen molar-refractivity contribution < 1.29 is 9.18 Å². The highest BCUT2D eigenvalue weighted by Gasteiger charge is 2.15. The average Bonchev–Trinajstić information content (AvgIpc) is 3.13. The van der Waals surface area contributed by atoms with Crippen LogP contribution >= 0.6 is 11.3 Å². The second-order valence-electron chi connectivity index (χ2n) is 5.19. The van der Waals surface area contributed by atoms with Crippen molar-refractivity contribution >= 4 is 27.5 Å². The lowest BCUT2D eigenvalue weighted by Crippen LogP contribution is -2.25. The first-order valence-electron chi connectivity index (χ1n) is 7.39. The molecule has 0 atom stereocenters. The summed E-state index contributed by atoms with van der Waals surface area (Å²) in [6, 6.07) is 10.1. The van der Waals surface area contributed by atoms with Gasteiger partial charge in [-0.05, 0) is 42.1 Å². The van der Waals surface area contributed by atoms with E-state index in [0.29, 0.717) is 18.8 Å². The molecule has 1 amide bonds. The molecule has 5 heteroatoms. The van der Waals surface area contributed by atoms with Gasteiger partial charge >= 0.3 is 0 Å². The fourth-order valence-corrected chi connectivity index (χ4v) is 3.27. The Bertz CT molecular complexity index is 846. The summed E-state index contributed by atoms with van der Waals surface area (Å²) in [7, 11) is 0.